The summed E-state index contributed by atoms with van der Waals surface area (Å²) in [5.74, 6) is 0.441. The summed E-state index contributed by atoms with van der Waals surface area (Å²) in [6, 6.07) is 5.46. The van der Waals surface area contributed by atoms with Crippen LogP contribution in [0.2, 0.25) is 0 Å². The summed E-state index contributed by atoms with van der Waals surface area (Å²) in [6.07, 6.45) is 4.42. The van der Waals surface area contributed by atoms with Crippen LogP contribution in [0.15, 0.2) is 35.7 Å². The van der Waals surface area contributed by atoms with Crippen molar-refractivity contribution < 1.29 is 17.3 Å². The number of rotatable bonds is 2. The van der Waals surface area contributed by atoms with Gasteiger partial charge < -0.3 is 0 Å². The minimum atomic E-state index is -3.53. The number of pyridine rings is 1. The number of nitrogens with zero attached hydrogens (tertiary/aromatic N) is 2. The van der Waals surface area contributed by atoms with Crippen molar-refractivity contribution in [3.8, 4) is 0 Å². The van der Waals surface area contributed by atoms with Crippen molar-refractivity contribution in [1.82, 2.24) is 0 Å². The molecule has 14 heavy (non-hydrogen) atoms. The molecule has 0 spiro atoms. The van der Waals surface area contributed by atoms with Crippen molar-refractivity contribution in [3.63, 3.8) is 0 Å². The van der Waals surface area contributed by atoms with Crippen LogP contribution >= 0.6 is 0 Å². The molecule has 0 saturated heterocycles. The molecular weight excluding hydrogens is 204 g/mol. The highest BCUT2D eigenvalue weighted by atomic mass is 32.2. The average molecular weight is 215 g/mol. The highest BCUT2D eigenvalue weighted by Crippen LogP contribution is 1.87. The van der Waals surface area contributed by atoms with Crippen molar-refractivity contribution >= 4 is 16.0 Å². The lowest BCUT2D eigenvalue weighted by Crippen LogP contribution is -2.40. The lowest BCUT2D eigenvalue weighted by Gasteiger charge is -1.92. The Balaban J connectivity index is 2.81. The summed E-state index contributed by atoms with van der Waals surface area (Å²) in [5.41, 5.74) is 0. The van der Waals surface area contributed by atoms with Gasteiger partial charge in [0.1, 0.15) is 0 Å². The van der Waals surface area contributed by atoms with Crippen LogP contribution in [0.1, 0.15) is 6.92 Å². The van der Waals surface area contributed by atoms with Crippen molar-refractivity contribution in [1.29, 1.82) is 0 Å². The molecule has 0 radical (unpaired) electrons. The maximum atomic E-state index is 10.6. The molecule has 0 N–H and O–H groups in total. The normalized spacial score (nSPS) is 12.6. The summed E-state index contributed by atoms with van der Waals surface area (Å²) in [6.45, 7) is 1.64. The highest BCUT2D eigenvalue weighted by Gasteiger charge is 2.09. The van der Waals surface area contributed by atoms with Gasteiger partial charge in [-0.3, -0.25) is 0 Å². The second-order valence-corrected chi connectivity index (χ2v) is 4.26. The predicted molar refractivity (Wildman–Crippen MR) is 51.1 cm³/mol. The van der Waals surface area contributed by atoms with E-state index in [9.17, 15) is 8.42 Å². The molecule has 5 nitrogen and oxygen atoms in total. The maximum absolute atomic E-state index is 10.6. The van der Waals surface area contributed by atoms with E-state index in [0.717, 1.165) is 6.26 Å². The number of hydrogen-bond donors (Lipinski definition) is 0. The summed E-state index contributed by atoms with van der Waals surface area (Å²) in [5, 5.41) is 3.46. The van der Waals surface area contributed by atoms with Crippen LogP contribution < -0.4 is 4.57 Å². The van der Waals surface area contributed by atoms with Crippen LogP contribution in [0.5, 0.6) is 0 Å². The molecule has 0 aliphatic heterocycles. The van der Waals surface area contributed by atoms with Gasteiger partial charge in [-0.15, -0.1) is 0 Å². The summed E-state index contributed by atoms with van der Waals surface area (Å²) >= 11 is 0. The third kappa shape index (κ3) is 3.53. The van der Waals surface area contributed by atoms with Gasteiger partial charge in [-0.2, -0.15) is 12.7 Å². The minimum absolute atomic E-state index is 0.441. The fourth-order valence-electron chi connectivity index (χ4n) is 0.783. The zero-order chi connectivity index (χ0) is 10.6. The van der Waals surface area contributed by atoms with E-state index in [1.807, 2.05) is 6.07 Å². The second kappa shape index (κ2) is 4.19. The van der Waals surface area contributed by atoms with Gasteiger partial charge in [0.15, 0.2) is 5.16 Å². The average Bonchev–Trinajstić information content (AvgIpc) is 2.14. The van der Waals surface area contributed by atoms with Crippen molar-refractivity contribution in [2.75, 3.05) is 6.26 Å². The fraction of sp³-hybridized carbons (Fsp3) is 0.250. The molecule has 0 unspecified atom stereocenters. The predicted octanol–water partition coefficient (Wildman–Crippen LogP) is 0.132. The largest absolute Gasteiger partial charge is 0.349 e. The summed E-state index contributed by atoms with van der Waals surface area (Å²) in [4.78, 5) is 0. The molecule has 1 heterocycles. The first kappa shape index (κ1) is 10.6. The molecule has 76 valence electrons. The number of oxime groups is 1. The van der Waals surface area contributed by atoms with Crippen molar-refractivity contribution in [2.45, 2.75) is 6.92 Å². The van der Waals surface area contributed by atoms with Gasteiger partial charge in [0.25, 0.3) is 0 Å². The van der Waals surface area contributed by atoms with Crippen LogP contribution in [0, 0.1) is 0 Å². The Labute approximate surface area is 82.8 Å². The number of aromatic nitrogens is 1. The highest BCUT2D eigenvalue weighted by molar-refractivity contribution is 7.85. The summed E-state index contributed by atoms with van der Waals surface area (Å²) in [7, 11) is -3.53. The van der Waals surface area contributed by atoms with Gasteiger partial charge in [-0.05, 0) is 12.1 Å². The van der Waals surface area contributed by atoms with E-state index in [2.05, 4.69) is 9.44 Å². The molecule has 1 rings (SSSR count). The smallest absolute Gasteiger partial charge is 0.204 e. The van der Waals surface area contributed by atoms with E-state index in [1.165, 1.54) is 0 Å². The van der Waals surface area contributed by atoms with Gasteiger partial charge in [0.2, 0.25) is 0 Å². The van der Waals surface area contributed by atoms with E-state index < -0.39 is 10.1 Å². The van der Waals surface area contributed by atoms with Crippen LogP contribution in [0.25, 0.3) is 0 Å². The Kier molecular flexibility index (Phi) is 3.19. The Bertz CT molecular complexity index is 425. The van der Waals surface area contributed by atoms with Crippen LogP contribution in [0.3, 0.4) is 0 Å². The lowest BCUT2D eigenvalue weighted by atomic mass is 10.5. The molecule has 0 aliphatic carbocycles. The summed E-state index contributed by atoms with van der Waals surface area (Å²) < 4.78 is 27.2. The van der Waals surface area contributed by atoms with Crippen LogP contribution in [-0.4, -0.2) is 20.5 Å². The van der Waals surface area contributed by atoms with E-state index in [4.69, 9.17) is 0 Å². The second-order valence-electron chi connectivity index (χ2n) is 2.70. The minimum Gasteiger partial charge on any atom is -0.204 e. The first-order valence-electron chi connectivity index (χ1n) is 3.89. The Morgan fingerprint density at radius 3 is 2.36 bits per heavy atom. The number of hydrogen-bond acceptors (Lipinski definition) is 4. The van der Waals surface area contributed by atoms with Gasteiger partial charge in [-0.1, -0.05) is 6.07 Å². The van der Waals surface area contributed by atoms with Crippen LogP contribution in [-0.2, 0) is 14.4 Å². The third-order valence-electron chi connectivity index (χ3n) is 1.39. The first-order chi connectivity index (χ1) is 6.49. The molecule has 0 aliphatic rings. The zero-order valence-electron chi connectivity index (χ0n) is 7.91. The molecule has 0 fully saturated rings. The first-order valence-corrected chi connectivity index (χ1v) is 5.70. The monoisotopic (exact) mass is 215 g/mol. The standard InChI is InChI=1S/C8H11N2O3S/c1-8(9-13-14(2,11)12)10-6-4-3-5-7-10/h3-7H,1-2H3/q+1/b9-8+. The van der Waals surface area contributed by atoms with Crippen molar-refractivity contribution in [3.05, 3.63) is 30.6 Å². The quantitative estimate of drug-likeness (QED) is 0.305. The molecule has 0 amide bonds. The van der Waals surface area contributed by atoms with Crippen molar-refractivity contribution in [2.24, 2.45) is 5.16 Å². The molecule has 1 aromatic heterocycles. The lowest BCUT2D eigenvalue weighted by molar-refractivity contribution is -0.557. The topological polar surface area (TPSA) is 59.6 Å². The Morgan fingerprint density at radius 2 is 1.86 bits per heavy atom. The van der Waals surface area contributed by atoms with Gasteiger partial charge in [-0.25, -0.2) is 4.57 Å². The van der Waals surface area contributed by atoms with E-state index in [0.29, 0.717) is 5.84 Å². The molecule has 0 bridgehead atoms. The molecule has 0 aromatic carbocycles. The molecule has 6 heteroatoms. The van der Waals surface area contributed by atoms with Gasteiger partial charge in [0.05, 0.1) is 18.6 Å². The van der Waals surface area contributed by atoms with E-state index in [-0.39, 0.29) is 0 Å². The van der Waals surface area contributed by atoms with Gasteiger partial charge >= 0.3 is 16.0 Å². The van der Waals surface area contributed by atoms with E-state index >= 15 is 0 Å². The Morgan fingerprint density at radius 1 is 1.29 bits per heavy atom. The molecular formula is C8H11N2O3S+. The van der Waals surface area contributed by atoms with E-state index in [1.54, 1.807) is 36.0 Å². The maximum Gasteiger partial charge on any atom is 0.349 e. The van der Waals surface area contributed by atoms with Gasteiger partial charge in [0, 0.05) is 6.92 Å². The van der Waals surface area contributed by atoms with Crippen LogP contribution in [0.4, 0.5) is 0 Å². The zero-order valence-corrected chi connectivity index (χ0v) is 8.73. The SMILES string of the molecule is C/C(=N\OS(C)(=O)=O)[n+]1ccccc1. The fourth-order valence-corrected chi connectivity index (χ4v) is 1.03. The third-order valence-corrected chi connectivity index (χ3v) is 1.74. The molecule has 0 saturated carbocycles. The molecule has 1 aromatic rings. The Hall–Kier alpha value is -1.43. The molecule has 0 atom stereocenters.